The Morgan fingerprint density at radius 3 is 2.41 bits per heavy atom. The minimum Gasteiger partial charge on any atom is -0.397 e. The van der Waals surface area contributed by atoms with Crippen molar-refractivity contribution in [1.29, 1.82) is 0 Å². The van der Waals surface area contributed by atoms with Gasteiger partial charge in [0.05, 0.1) is 11.9 Å². The van der Waals surface area contributed by atoms with Crippen LogP contribution < -0.4 is 11.2 Å². The molecule has 0 aliphatic carbocycles. The first-order valence-corrected chi connectivity index (χ1v) is 8.17. The number of nitrogen functional groups attached to an aromatic ring is 1. The van der Waals surface area contributed by atoms with Crippen molar-refractivity contribution in [3.05, 3.63) is 90.0 Å². The molecule has 0 radical (unpaired) electrons. The summed E-state index contributed by atoms with van der Waals surface area (Å²) in [6.07, 6.45) is 3.14. The molecule has 1 amide bonds. The summed E-state index contributed by atoms with van der Waals surface area (Å²) in [5, 5.41) is 9.71. The third-order valence-electron chi connectivity index (χ3n) is 3.82. The maximum atomic E-state index is 13.1. The number of hydrazine groups is 1. The first-order valence-electron chi connectivity index (χ1n) is 8.17. The van der Waals surface area contributed by atoms with Gasteiger partial charge in [-0.25, -0.2) is 0 Å². The lowest BCUT2D eigenvalue weighted by Gasteiger charge is -2.27. The second-order valence-corrected chi connectivity index (χ2v) is 5.68. The van der Waals surface area contributed by atoms with E-state index in [4.69, 9.17) is 5.73 Å². The highest BCUT2D eigenvalue weighted by molar-refractivity contribution is 6.15. The molecule has 1 aliphatic rings. The summed E-state index contributed by atoms with van der Waals surface area (Å²) >= 11 is 0. The number of nitrogens with two attached hydrogens (primary N) is 1. The Kier molecular flexibility index (Phi) is 4.28. The van der Waals surface area contributed by atoms with E-state index in [2.05, 4.69) is 25.6 Å². The van der Waals surface area contributed by atoms with Gasteiger partial charge < -0.3 is 5.73 Å². The molecule has 0 bridgehead atoms. The Hall–Kier alpha value is -4.07. The zero-order valence-corrected chi connectivity index (χ0v) is 14.1. The number of amides is 1. The Balaban J connectivity index is 1.75. The molecule has 3 heterocycles. The summed E-state index contributed by atoms with van der Waals surface area (Å²) in [6.45, 7) is 0. The Labute approximate surface area is 155 Å². The maximum absolute atomic E-state index is 13.1. The fourth-order valence-electron chi connectivity index (χ4n) is 2.49. The third-order valence-corrected chi connectivity index (χ3v) is 3.82. The molecule has 4 rings (SSSR count). The molecule has 1 aliphatic heterocycles. The number of benzene rings is 1. The number of nitrogens with one attached hydrogen (secondary N) is 1. The molecule has 0 unspecified atom stereocenters. The van der Waals surface area contributed by atoms with Crippen LogP contribution in [0.3, 0.4) is 0 Å². The van der Waals surface area contributed by atoms with E-state index in [1.807, 2.05) is 12.1 Å². The van der Waals surface area contributed by atoms with Crippen molar-refractivity contribution in [2.75, 3.05) is 5.73 Å². The first kappa shape index (κ1) is 16.4. The molecule has 8 heteroatoms. The minimum absolute atomic E-state index is 0.289. The summed E-state index contributed by atoms with van der Waals surface area (Å²) in [7, 11) is 0. The van der Waals surface area contributed by atoms with Crippen LogP contribution in [0.1, 0.15) is 21.7 Å². The average molecular weight is 357 g/mol. The lowest BCUT2D eigenvalue weighted by Crippen LogP contribution is -2.52. The van der Waals surface area contributed by atoms with Crippen molar-refractivity contribution in [1.82, 2.24) is 20.4 Å². The van der Waals surface area contributed by atoms with Gasteiger partial charge in [-0.05, 0) is 36.4 Å². The average Bonchev–Trinajstić information content (AvgIpc) is 2.74. The minimum atomic E-state index is -0.289. The smallest absolute Gasteiger partial charge is 0.278 e. The molecule has 0 spiro atoms. The van der Waals surface area contributed by atoms with Gasteiger partial charge in [-0.3, -0.25) is 20.2 Å². The van der Waals surface area contributed by atoms with Gasteiger partial charge in [0.15, 0.2) is 5.84 Å². The molecular formula is C19H15N7O. The van der Waals surface area contributed by atoms with Crippen LogP contribution in [0.4, 0.5) is 5.69 Å². The fourth-order valence-corrected chi connectivity index (χ4v) is 2.49. The van der Waals surface area contributed by atoms with E-state index in [1.165, 1.54) is 11.2 Å². The number of carbonyl (C=O) groups excluding carboxylic acids is 1. The van der Waals surface area contributed by atoms with Crippen molar-refractivity contribution in [3.8, 4) is 0 Å². The van der Waals surface area contributed by atoms with E-state index < -0.39 is 0 Å². The molecule has 27 heavy (non-hydrogen) atoms. The Morgan fingerprint density at radius 1 is 0.889 bits per heavy atom. The van der Waals surface area contributed by atoms with Crippen molar-refractivity contribution in [2.45, 2.75) is 0 Å². The molecule has 0 atom stereocenters. The molecule has 8 nitrogen and oxygen atoms in total. The normalized spacial score (nSPS) is 13.4. The number of amidine groups is 2. The molecule has 0 saturated heterocycles. The monoisotopic (exact) mass is 357 g/mol. The van der Waals surface area contributed by atoms with Gasteiger partial charge in [0.1, 0.15) is 11.4 Å². The zero-order valence-electron chi connectivity index (χ0n) is 14.1. The number of aromatic nitrogens is 2. The second-order valence-electron chi connectivity index (χ2n) is 5.68. The van der Waals surface area contributed by atoms with Crippen LogP contribution >= 0.6 is 0 Å². The van der Waals surface area contributed by atoms with Gasteiger partial charge in [-0.1, -0.05) is 24.3 Å². The van der Waals surface area contributed by atoms with Gasteiger partial charge >= 0.3 is 0 Å². The lowest BCUT2D eigenvalue weighted by atomic mass is 10.2. The summed E-state index contributed by atoms with van der Waals surface area (Å²) < 4.78 is 0. The number of rotatable bonds is 3. The predicted octanol–water partition coefficient (Wildman–Crippen LogP) is 1.83. The van der Waals surface area contributed by atoms with Crippen LogP contribution in [0.15, 0.2) is 83.3 Å². The van der Waals surface area contributed by atoms with E-state index in [1.54, 1.807) is 54.7 Å². The van der Waals surface area contributed by atoms with Gasteiger partial charge in [0.2, 0.25) is 5.84 Å². The van der Waals surface area contributed by atoms with E-state index >= 15 is 0 Å². The third kappa shape index (κ3) is 3.36. The topological polar surface area (TPSA) is 109 Å². The Bertz CT molecular complexity index is 1010. The molecule has 132 valence electrons. The van der Waals surface area contributed by atoms with Gasteiger partial charge in [0.25, 0.3) is 5.91 Å². The Morgan fingerprint density at radius 2 is 1.70 bits per heavy atom. The van der Waals surface area contributed by atoms with Crippen LogP contribution in [0, 0.1) is 0 Å². The number of carbonyl (C=O) groups is 1. The van der Waals surface area contributed by atoms with Crippen molar-refractivity contribution < 1.29 is 4.79 Å². The molecular weight excluding hydrogens is 342 g/mol. The van der Waals surface area contributed by atoms with Crippen molar-refractivity contribution in [3.63, 3.8) is 0 Å². The molecule has 2 aromatic heterocycles. The number of hydrogen-bond acceptors (Lipinski definition) is 7. The van der Waals surface area contributed by atoms with E-state index in [0.717, 1.165) is 0 Å². The predicted molar refractivity (Wildman–Crippen MR) is 102 cm³/mol. The highest BCUT2D eigenvalue weighted by Gasteiger charge is 2.28. The van der Waals surface area contributed by atoms with Crippen LogP contribution in [0.25, 0.3) is 0 Å². The second kappa shape index (κ2) is 7.04. The van der Waals surface area contributed by atoms with Crippen LogP contribution in [-0.2, 0) is 0 Å². The van der Waals surface area contributed by atoms with Gasteiger partial charge in [0, 0.05) is 11.8 Å². The molecule has 0 saturated carbocycles. The van der Waals surface area contributed by atoms with Crippen LogP contribution in [-0.4, -0.2) is 32.6 Å². The summed E-state index contributed by atoms with van der Waals surface area (Å²) in [4.78, 5) is 21.6. The fraction of sp³-hybridized carbons (Fsp3) is 0. The quantitative estimate of drug-likeness (QED) is 0.743. The van der Waals surface area contributed by atoms with Gasteiger partial charge in [-0.15, -0.1) is 10.2 Å². The SMILES string of the molecule is Nc1ccc(C2=NN=C(c3ccccn3)N(C(=O)c3ccccc3)N2)nc1. The zero-order chi connectivity index (χ0) is 18.6. The first-order chi connectivity index (χ1) is 13.2. The largest absolute Gasteiger partial charge is 0.397 e. The van der Waals surface area contributed by atoms with E-state index in [0.29, 0.717) is 34.3 Å². The standard InChI is InChI=1S/C19H15N7O/c20-14-9-10-15(22-12-14)17-23-24-18(16-8-4-5-11-21-16)26(25-17)19(27)13-6-2-1-3-7-13/h1-12H,20H2,(H,23,25). The van der Waals surface area contributed by atoms with Crippen molar-refractivity contribution in [2.24, 2.45) is 10.2 Å². The lowest BCUT2D eigenvalue weighted by molar-refractivity contribution is 0.0818. The summed E-state index contributed by atoms with van der Waals surface area (Å²) in [5.41, 5.74) is 10.7. The number of anilines is 1. The molecule has 0 fully saturated rings. The van der Waals surface area contributed by atoms with Crippen LogP contribution in [0.5, 0.6) is 0 Å². The van der Waals surface area contributed by atoms with Crippen LogP contribution in [0.2, 0.25) is 0 Å². The summed E-state index contributed by atoms with van der Waals surface area (Å²) in [5.74, 6) is 0.338. The van der Waals surface area contributed by atoms with Gasteiger partial charge in [-0.2, -0.15) is 5.01 Å². The molecule has 3 N–H and O–H groups in total. The number of pyridine rings is 2. The molecule has 1 aromatic carbocycles. The highest BCUT2D eigenvalue weighted by Crippen LogP contribution is 2.13. The summed E-state index contributed by atoms with van der Waals surface area (Å²) in [6, 6.07) is 17.7. The molecule has 3 aromatic rings. The maximum Gasteiger partial charge on any atom is 0.278 e. The highest BCUT2D eigenvalue weighted by atomic mass is 16.2. The van der Waals surface area contributed by atoms with E-state index in [9.17, 15) is 4.79 Å². The number of hydrogen-bond donors (Lipinski definition) is 2. The number of nitrogens with zero attached hydrogens (tertiary/aromatic N) is 5. The van der Waals surface area contributed by atoms with E-state index in [-0.39, 0.29) is 5.91 Å². The van der Waals surface area contributed by atoms with Crippen molar-refractivity contribution >= 4 is 23.3 Å².